The second kappa shape index (κ2) is 5.93. The number of rotatable bonds is 4. The Labute approximate surface area is 108 Å². The Bertz CT molecular complexity index is 514. The van der Waals surface area contributed by atoms with Gasteiger partial charge in [0.1, 0.15) is 12.6 Å². The van der Waals surface area contributed by atoms with Crippen molar-refractivity contribution in [3.05, 3.63) is 28.2 Å². The summed E-state index contributed by atoms with van der Waals surface area (Å²) in [5.41, 5.74) is 0.909. The van der Waals surface area contributed by atoms with Gasteiger partial charge in [-0.1, -0.05) is 21.9 Å². The van der Waals surface area contributed by atoms with E-state index in [4.69, 9.17) is 16.8 Å². The van der Waals surface area contributed by atoms with E-state index in [-0.39, 0.29) is 13.1 Å². The number of nitriles is 1. The van der Waals surface area contributed by atoms with Gasteiger partial charge >= 0.3 is 5.97 Å². The molecule has 86 valence electrons. The molecule has 0 atom stereocenters. The third kappa shape index (κ3) is 3.51. The molecule has 1 N–H and O–H groups in total. The molecule has 0 aliphatic heterocycles. The first-order valence-corrected chi connectivity index (χ1v) is 5.47. The van der Waals surface area contributed by atoms with Crippen molar-refractivity contribution in [2.75, 3.05) is 18.0 Å². The van der Waals surface area contributed by atoms with Gasteiger partial charge in [-0.15, -0.1) is 6.42 Å². The lowest BCUT2D eigenvalue weighted by molar-refractivity contribution is -0.135. The SMILES string of the molecule is C#CCN(CC(=O)O)c1cc(Br)ccc1C#N. The number of hydrogen-bond acceptors (Lipinski definition) is 3. The number of aliphatic carboxylic acids is 1. The van der Waals surface area contributed by atoms with E-state index in [1.807, 2.05) is 6.07 Å². The zero-order chi connectivity index (χ0) is 12.8. The third-order valence-electron chi connectivity index (χ3n) is 2.03. The molecule has 0 spiro atoms. The summed E-state index contributed by atoms with van der Waals surface area (Å²) >= 11 is 3.28. The molecule has 0 aliphatic carbocycles. The average Bonchev–Trinajstić information content (AvgIpc) is 2.28. The van der Waals surface area contributed by atoms with Crippen LogP contribution in [0.15, 0.2) is 22.7 Å². The second-order valence-corrected chi connectivity index (χ2v) is 4.14. The topological polar surface area (TPSA) is 64.3 Å². The van der Waals surface area contributed by atoms with E-state index in [2.05, 4.69) is 21.9 Å². The van der Waals surface area contributed by atoms with Gasteiger partial charge in [0.25, 0.3) is 0 Å². The summed E-state index contributed by atoms with van der Waals surface area (Å²) in [6.07, 6.45) is 5.19. The van der Waals surface area contributed by atoms with Gasteiger partial charge in [-0.05, 0) is 18.2 Å². The lowest BCUT2D eigenvalue weighted by atomic mass is 10.1. The van der Waals surface area contributed by atoms with E-state index < -0.39 is 5.97 Å². The molecule has 17 heavy (non-hydrogen) atoms. The first-order valence-electron chi connectivity index (χ1n) is 4.68. The molecular formula is C12H9BrN2O2. The number of hydrogen-bond donors (Lipinski definition) is 1. The number of carbonyl (C=O) groups is 1. The summed E-state index contributed by atoms with van der Waals surface area (Å²) in [6.45, 7) is -0.104. The molecular weight excluding hydrogens is 284 g/mol. The van der Waals surface area contributed by atoms with E-state index in [0.29, 0.717) is 11.3 Å². The largest absolute Gasteiger partial charge is 0.480 e. The Balaban J connectivity index is 3.17. The van der Waals surface area contributed by atoms with Gasteiger partial charge in [-0.2, -0.15) is 5.26 Å². The van der Waals surface area contributed by atoms with Crippen molar-refractivity contribution in [1.29, 1.82) is 5.26 Å². The van der Waals surface area contributed by atoms with Crippen molar-refractivity contribution in [3.63, 3.8) is 0 Å². The highest BCUT2D eigenvalue weighted by molar-refractivity contribution is 9.10. The monoisotopic (exact) mass is 292 g/mol. The maximum atomic E-state index is 10.7. The molecule has 0 saturated heterocycles. The van der Waals surface area contributed by atoms with Crippen LogP contribution in [0, 0.1) is 23.7 Å². The predicted molar refractivity (Wildman–Crippen MR) is 67.5 cm³/mol. The Morgan fingerprint density at radius 1 is 1.59 bits per heavy atom. The van der Waals surface area contributed by atoms with Gasteiger partial charge in [0.05, 0.1) is 17.8 Å². The van der Waals surface area contributed by atoms with Crippen LogP contribution >= 0.6 is 15.9 Å². The molecule has 0 aliphatic rings. The molecule has 0 amide bonds. The summed E-state index contributed by atoms with van der Waals surface area (Å²) in [5, 5.41) is 17.8. The fourth-order valence-electron chi connectivity index (χ4n) is 1.36. The molecule has 1 rings (SSSR count). The molecule has 0 radical (unpaired) electrons. The van der Waals surface area contributed by atoms with Crippen molar-refractivity contribution in [2.24, 2.45) is 0 Å². The number of carboxylic acids is 1. The molecule has 0 saturated carbocycles. The van der Waals surface area contributed by atoms with Gasteiger partial charge in [0.2, 0.25) is 0 Å². The molecule has 0 unspecified atom stereocenters. The fraction of sp³-hybridized carbons (Fsp3) is 0.167. The minimum absolute atomic E-state index is 0.136. The van der Waals surface area contributed by atoms with Gasteiger partial charge in [-0.3, -0.25) is 4.79 Å². The second-order valence-electron chi connectivity index (χ2n) is 3.23. The fourth-order valence-corrected chi connectivity index (χ4v) is 1.71. The van der Waals surface area contributed by atoms with Crippen molar-refractivity contribution in [1.82, 2.24) is 0 Å². The molecule has 5 heteroatoms. The van der Waals surface area contributed by atoms with E-state index in [1.165, 1.54) is 4.90 Å². The normalized spacial score (nSPS) is 9.12. The highest BCUT2D eigenvalue weighted by Gasteiger charge is 2.13. The lowest BCUT2D eigenvalue weighted by Gasteiger charge is -2.21. The van der Waals surface area contributed by atoms with Crippen molar-refractivity contribution in [3.8, 4) is 18.4 Å². The molecule has 1 aromatic carbocycles. The van der Waals surface area contributed by atoms with Gasteiger partial charge in [0, 0.05) is 4.47 Å². The molecule has 0 aromatic heterocycles. The third-order valence-corrected chi connectivity index (χ3v) is 2.52. The Hall–Kier alpha value is -1.98. The van der Waals surface area contributed by atoms with Crippen LogP contribution in [0.5, 0.6) is 0 Å². The summed E-state index contributed by atoms with van der Waals surface area (Å²) in [5.74, 6) is 1.38. The standard InChI is InChI=1S/C12H9BrN2O2/c1-2-5-15(8-12(16)17)11-6-10(13)4-3-9(11)7-14/h1,3-4,6H,5,8H2,(H,16,17). The van der Waals surface area contributed by atoms with Crippen molar-refractivity contribution >= 4 is 27.6 Å². The first kappa shape index (κ1) is 13.1. The predicted octanol–water partition coefficient (Wildman–Crippen LogP) is 1.84. The van der Waals surface area contributed by atoms with E-state index in [0.717, 1.165) is 4.47 Å². The van der Waals surface area contributed by atoms with E-state index in [1.54, 1.807) is 18.2 Å². The average molecular weight is 293 g/mol. The van der Waals surface area contributed by atoms with E-state index in [9.17, 15) is 4.79 Å². The quantitative estimate of drug-likeness (QED) is 0.860. The summed E-state index contributed by atoms with van der Waals surface area (Å²) < 4.78 is 0.763. The number of anilines is 1. The Kier molecular flexibility index (Phi) is 4.56. The van der Waals surface area contributed by atoms with Crippen LogP contribution < -0.4 is 4.90 Å². The van der Waals surface area contributed by atoms with Crippen LogP contribution in [-0.2, 0) is 4.79 Å². The van der Waals surface area contributed by atoms with Crippen molar-refractivity contribution < 1.29 is 9.90 Å². The van der Waals surface area contributed by atoms with Gasteiger partial charge in [-0.25, -0.2) is 0 Å². The number of carboxylic acid groups (broad SMARTS) is 1. The zero-order valence-electron chi connectivity index (χ0n) is 8.85. The number of terminal acetylenes is 1. The van der Waals surface area contributed by atoms with Crippen LogP contribution in [0.25, 0.3) is 0 Å². The zero-order valence-corrected chi connectivity index (χ0v) is 10.4. The van der Waals surface area contributed by atoms with Crippen LogP contribution in [0.2, 0.25) is 0 Å². The minimum atomic E-state index is -0.996. The smallest absolute Gasteiger partial charge is 0.323 e. The molecule has 4 nitrogen and oxygen atoms in total. The molecule has 0 heterocycles. The Morgan fingerprint density at radius 3 is 2.82 bits per heavy atom. The Morgan fingerprint density at radius 2 is 2.29 bits per heavy atom. The number of nitrogens with zero attached hydrogens (tertiary/aromatic N) is 2. The maximum absolute atomic E-state index is 10.7. The molecule has 0 bridgehead atoms. The summed E-state index contributed by atoms with van der Waals surface area (Å²) in [4.78, 5) is 12.2. The van der Waals surface area contributed by atoms with Gasteiger partial charge in [0.15, 0.2) is 0 Å². The highest BCUT2D eigenvalue weighted by atomic mass is 79.9. The van der Waals surface area contributed by atoms with E-state index >= 15 is 0 Å². The number of halogens is 1. The van der Waals surface area contributed by atoms with Crippen LogP contribution in [-0.4, -0.2) is 24.2 Å². The maximum Gasteiger partial charge on any atom is 0.323 e. The van der Waals surface area contributed by atoms with Crippen LogP contribution in [0.1, 0.15) is 5.56 Å². The van der Waals surface area contributed by atoms with Gasteiger partial charge < -0.3 is 10.0 Å². The van der Waals surface area contributed by atoms with Crippen LogP contribution in [0.4, 0.5) is 5.69 Å². The summed E-state index contributed by atoms with van der Waals surface area (Å²) in [7, 11) is 0. The van der Waals surface area contributed by atoms with Crippen LogP contribution in [0.3, 0.4) is 0 Å². The number of benzene rings is 1. The molecule has 1 aromatic rings. The molecule has 0 fully saturated rings. The van der Waals surface area contributed by atoms with Crippen molar-refractivity contribution in [2.45, 2.75) is 0 Å². The summed E-state index contributed by atoms with van der Waals surface area (Å²) in [6, 6.07) is 7.03. The highest BCUT2D eigenvalue weighted by Crippen LogP contribution is 2.24. The first-order chi connectivity index (χ1) is 8.08. The minimum Gasteiger partial charge on any atom is -0.480 e. The lowest BCUT2D eigenvalue weighted by Crippen LogP contribution is -2.30.